The molecule has 7 heteroatoms. The fraction of sp³-hybridized carbons (Fsp3) is 0.500. The summed E-state index contributed by atoms with van der Waals surface area (Å²) in [6.07, 6.45) is 6.76. The van der Waals surface area contributed by atoms with Gasteiger partial charge in [-0.3, -0.25) is 9.55 Å². The van der Waals surface area contributed by atoms with Gasteiger partial charge in [0, 0.05) is 28.5 Å². The van der Waals surface area contributed by atoms with Crippen LogP contribution in [0.3, 0.4) is 0 Å². The molecule has 0 amide bonds. The third-order valence-electron chi connectivity index (χ3n) is 2.72. The van der Waals surface area contributed by atoms with Crippen molar-refractivity contribution in [1.82, 2.24) is 19.5 Å². The molecule has 0 aliphatic carbocycles. The van der Waals surface area contributed by atoms with Crippen molar-refractivity contribution in [3.05, 3.63) is 29.4 Å². The van der Waals surface area contributed by atoms with Crippen molar-refractivity contribution in [2.45, 2.75) is 38.6 Å². The van der Waals surface area contributed by atoms with Crippen molar-refractivity contribution in [2.24, 2.45) is 0 Å². The molecule has 5 nitrogen and oxygen atoms in total. The summed E-state index contributed by atoms with van der Waals surface area (Å²) in [5.41, 5.74) is 0.739. The van der Waals surface area contributed by atoms with Gasteiger partial charge >= 0.3 is 0 Å². The van der Waals surface area contributed by atoms with E-state index in [2.05, 4.69) is 51.7 Å². The fourth-order valence-electron chi connectivity index (χ4n) is 1.75. The fourth-order valence-corrected chi connectivity index (χ4v) is 3.12. The molecular weight excluding hydrogens is 348 g/mol. The number of hydrogen-bond donors (Lipinski definition) is 0. The van der Waals surface area contributed by atoms with Crippen molar-refractivity contribution in [2.75, 3.05) is 6.61 Å². The molecule has 0 atom stereocenters. The molecule has 2 rings (SSSR count). The molecule has 2 aromatic heterocycles. The quantitative estimate of drug-likeness (QED) is 0.580. The molecule has 2 radical (unpaired) electrons. The summed E-state index contributed by atoms with van der Waals surface area (Å²) in [5, 5.41) is 0.379. The van der Waals surface area contributed by atoms with E-state index < -0.39 is 0 Å². The summed E-state index contributed by atoms with van der Waals surface area (Å²) in [6.45, 7) is 7.97. The van der Waals surface area contributed by atoms with E-state index in [1.807, 2.05) is 4.57 Å². The number of rotatable bonds is 6. The lowest BCUT2D eigenvalue weighted by molar-refractivity contribution is 0.0872. The van der Waals surface area contributed by atoms with Crippen molar-refractivity contribution < 1.29 is 4.74 Å². The Labute approximate surface area is 136 Å². The van der Waals surface area contributed by atoms with Crippen LogP contribution in [0.4, 0.5) is 0 Å². The maximum atomic E-state index is 5.77. The number of nitrogens with zero attached hydrogens (tertiary/aromatic N) is 4. The molecular formula is C14H19BrN4OSi. The first-order valence-corrected chi connectivity index (χ1v) is 8.77. The van der Waals surface area contributed by atoms with Crippen LogP contribution in [0.5, 0.6) is 0 Å². The van der Waals surface area contributed by atoms with Crippen LogP contribution in [-0.4, -0.2) is 35.6 Å². The Morgan fingerprint density at radius 3 is 2.71 bits per heavy atom. The summed E-state index contributed by atoms with van der Waals surface area (Å²) in [4.78, 5) is 12.7. The lowest BCUT2D eigenvalue weighted by atomic mass is 10.3. The summed E-state index contributed by atoms with van der Waals surface area (Å²) in [5.74, 6) is 0.758. The van der Waals surface area contributed by atoms with Crippen molar-refractivity contribution in [3.8, 4) is 11.5 Å². The maximum Gasteiger partial charge on any atom is 0.163 e. The molecule has 0 saturated heterocycles. The zero-order chi connectivity index (χ0) is 15.3. The number of aromatic nitrogens is 4. The maximum absolute atomic E-state index is 5.77. The molecule has 0 aliphatic rings. The van der Waals surface area contributed by atoms with E-state index in [1.165, 1.54) is 0 Å². The number of imidazole rings is 1. The smallest absolute Gasteiger partial charge is 0.163 e. The molecule has 0 N–H and O–H groups in total. The van der Waals surface area contributed by atoms with Gasteiger partial charge in [-0.25, -0.2) is 9.97 Å². The predicted octanol–water partition coefficient (Wildman–Crippen LogP) is 3.42. The summed E-state index contributed by atoms with van der Waals surface area (Å²) in [7, 11) is 0.900. The minimum atomic E-state index is 0.379. The highest BCUT2D eigenvalue weighted by atomic mass is 79.9. The molecule has 0 aliphatic heterocycles. The average molecular weight is 367 g/mol. The first kappa shape index (κ1) is 16.3. The second-order valence-electron chi connectivity index (χ2n) is 5.64. The Hall–Kier alpha value is -1.05. The monoisotopic (exact) mass is 366 g/mol. The van der Waals surface area contributed by atoms with Gasteiger partial charge < -0.3 is 4.74 Å². The van der Waals surface area contributed by atoms with Gasteiger partial charge in [0.05, 0.1) is 12.4 Å². The number of ether oxygens (including phenoxy) is 1. The Balaban J connectivity index is 1.93. The lowest BCUT2D eigenvalue weighted by Gasteiger charge is -2.16. The molecule has 0 unspecified atom stereocenters. The second kappa shape index (κ2) is 7.28. The van der Waals surface area contributed by atoms with E-state index in [1.54, 1.807) is 24.8 Å². The van der Waals surface area contributed by atoms with Crippen LogP contribution < -0.4 is 0 Å². The molecule has 2 aromatic rings. The minimum absolute atomic E-state index is 0.379. The first-order valence-electron chi connectivity index (χ1n) is 6.77. The topological polar surface area (TPSA) is 52.8 Å². The molecule has 112 valence electrons. The Bertz CT molecular complexity index is 568. The predicted molar refractivity (Wildman–Crippen MR) is 87.2 cm³/mol. The van der Waals surface area contributed by atoms with Crippen molar-refractivity contribution in [1.29, 1.82) is 0 Å². The summed E-state index contributed by atoms with van der Waals surface area (Å²) < 4.78 is 8.59. The Kier molecular flexibility index (Phi) is 5.66. The van der Waals surface area contributed by atoms with E-state index >= 15 is 0 Å². The molecule has 21 heavy (non-hydrogen) atoms. The molecule has 0 saturated carbocycles. The van der Waals surface area contributed by atoms with Crippen LogP contribution in [0.25, 0.3) is 11.5 Å². The lowest BCUT2D eigenvalue weighted by Crippen LogP contribution is -2.12. The molecule has 0 spiro atoms. The molecule has 2 heterocycles. The molecule has 0 fully saturated rings. The van der Waals surface area contributed by atoms with Crippen LogP contribution in [0.1, 0.15) is 20.8 Å². The van der Waals surface area contributed by atoms with Gasteiger partial charge in [-0.05, 0) is 27.0 Å². The second-order valence-corrected chi connectivity index (χ2v) is 8.80. The number of halogens is 1. The first-order chi connectivity index (χ1) is 9.97. The van der Waals surface area contributed by atoms with Crippen molar-refractivity contribution >= 4 is 25.4 Å². The summed E-state index contributed by atoms with van der Waals surface area (Å²) >= 11 is 3.49. The van der Waals surface area contributed by atoms with E-state index in [-0.39, 0.29) is 0 Å². The van der Waals surface area contributed by atoms with Crippen molar-refractivity contribution in [3.63, 3.8) is 0 Å². The zero-order valence-corrected chi connectivity index (χ0v) is 15.1. The third-order valence-corrected chi connectivity index (χ3v) is 4.87. The van der Waals surface area contributed by atoms with Crippen LogP contribution >= 0.6 is 15.9 Å². The normalized spacial score (nSPS) is 11.8. The highest BCUT2D eigenvalue weighted by molar-refractivity contribution is 9.10. The third kappa shape index (κ3) is 5.01. The van der Waals surface area contributed by atoms with Crippen LogP contribution in [0.2, 0.25) is 11.1 Å². The van der Waals surface area contributed by atoms with Gasteiger partial charge in [-0.1, -0.05) is 20.8 Å². The SMILES string of the molecule is CC(C)(C)[Si]CCOCn1c(Br)cnc1-c1cnccn1. The minimum Gasteiger partial charge on any atom is -0.361 e. The van der Waals surface area contributed by atoms with Gasteiger partial charge in [-0.15, -0.1) is 0 Å². The van der Waals surface area contributed by atoms with E-state index in [0.29, 0.717) is 11.8 Å². The largest absolute Gasteiger partial charge is 0.361 e. The van der Waals surface area contributed by atoms with Gasteiger partial charge in [0.2, 0.25) is 0 Å². The highest BCUT2D eigenvalue weighted by Gasteiger charge is 2.13. The highest BCUT2D eigenvalue weighted by Crippen LogP contribution is 2.22. The Morgan fingerprint density at radius 1 is 1.24 bits per heavy atom. The standard InChI is InChI=1S/C14H19BrN4OSi/c1-14(2,3)21-7-6-20-10-19-12(15)9-18-13(19)11-8-16-4-5-17-11/h4-5,8-9H,6-7,10H2,1-3H3. The number of hydrogen-bond acceptors (Lipinski definition) is 4. The van der Waals surface area contributed by atoms with Crippen LogP contribution in [0.15, 0.2) is 29.4 Å². The summed E-state index contributed by atoms with van der Waals surface area (Å²) in [6, 6.07) is 1.08. The van der Waals surface area contributed by atoms with Gasteiger partial charge in [0.15, 0.2) is 5.82 Å². The molecule has 0 bridgehead atoms. The van der Waals surface area contributed by atoms with Gasteiger partial charge in [-0.2, -0.15) is 0 Å². The Morgan fingerprint density at radius 2 is 2.05 bits per heavy atom. The van der Waals surface area contributed by atoms with E-state index in [9.17, 15) is 0 Å². The van der Waals surface area contributed by atoms with Gasteiger partial charge in [0.1, 0.15) is 17.0 Å². The van der Waals surface area contributed by atoms with Gasteiger partial charge in [0.25, 0.3) is 0 Å². The van der Waals surface area contributed by atoms with E-state index in [4.69, 9.17) is 4.74 Å². The van der Waals surface area contributed by atoms with Crippen LogP contribution in [-0.2, 0) is 11.5 Å². The average Bonchev–Trinajstić information content (AvgIpc) is 2.80. The van der Waals surface area contributed by atoms with Crippen LogP contribution in [0, 0.1) is 0 Å². The van der Waals surface area contributed by atoms with E-state index in [0.717, 1.165) is 38.3 Å². The molecule has 0 aromatic carbocycles. The zero-order valence-electron chi connectivity index (χ0n) is 12.5.